The number of para-hydroxylation sites is 1. The minimum absolute atomic E-state index is 0.125. The first kappa shape index (κ1) is 15.9. The highest BCUT2D eigenvalue weighted by Gasteiger charge is 2.54. The van der Waals surface area contributed by atoms with Gasteiger partial charge in [-0.2, -0.15) is 0 Å². The van der Waals surface area contributed by atoms with Crippen molar-refractivity contribution in [3.63, 3.8) is 0 Å². The van der Waals surface area contributed by atoms with Gasteiger partial charge in [0.2, 0.25) is 5.96 Å². The number of fused-ring (bicyclic) bond motifs is 3. The molecule has 2 atom stereocenters. The van der Waals surface area contributed by atoms with E-state index in [0.29, 0.717) is 6.54 Å². The first-order valence-corrected chi connectivity index (χ1v) is 8.80. The maximum absolute atomic E-state index is 13.0. The molecule has 1 aromatic rings. The second-order valence-corrected chi connectivity index (χ2v) is 6.80. The van der Waals surface area contributed by atoms with Gasteiger partial charge in [0.15, 0.2) is 12.2 Å². The lowest BCUT2D eigenvalue weighted by Gasteiger charge is -2.40. The third kappa shape index (κ3) is 2.22. The monoisotopic (exact) mass is 341 g/mol. The summed E-state index contributed by atoms with van der Waals surface area (Å²) in [6, 6.07) is 7.52. The number of imide groups is 1. The van der Waals surface area contributed by atoms with Crippen molar-refractivity contribution < 1.29 is 9.59 Å². The number of hydrogen-bond donors (Lipinski definition) is 0. The number of aryl methyl sites for hydroxylation is 1. The zero-order valence-electron chi connectivity index (χ0n) is 14.8. The number of carbonyl (C=O) groups is 2. The number of carbonyl (C=O) groups excluding carboxylic acids is 2. The SMILES string of the molecule is CCCN1C(=O)C2C(N=C3N(c4ccccc4C)CCN32)N(C)C1=O. The predicted octanol–water partition coefficient (Wildman–Crippen LogP) is 1.49. The Bertz CT molecular complexity index is 762. The third-order valence-electron chi connectivity index (χ3n) is 5.23. The molecule has 3 aliphatic heterocycles. The van der Waals surface area contributed by atoms with Gasteiger partial charge in [-0.3, -0.25) is 9.69 Å². The number of nitrogens with zero attached hydrogens (tertiary/aromatic N) is 5. The molecule has 132 valence electrons. The Labute approximate surface area is 147 Å². The van der Waals surface area contributed by atoms with Gasteiger partial charge in [0.1, 0.15) is 0 Å². The molecule has 3 heterocycles. The van der Waals surface area contributed by atoms with Crippen molar-refractivity contribution in [2.45, 2.75) is 32.5 Å². The van der Waals surface area contributed by atoms with Crippen molar-refractivity contribution in [2.75, 3.05) is 31.6 Å². The molecule has 0 aromatic heterocycles. The van der Waals surface area contributed by atoms with Crippen LogP contribution in [0.5, 0.6) is 0 Å². The molecule has 0 spiro atoms. The van der Waals surface area contributed by atoms with Crippen LogP contribution in [0.15, 0.2) is 29.3 Å². The highest BCUT2D eigenvalue weighted by molar-refractivity contribution is 6.08. The molecule has 7 heteroatoms. The molecule has 25 heavy (non-hydrogen) atoms. The molecule has 3 amide bonds. The van der Waals surface area contributed by atoms with E-state index in [1.807, 2.05) is 19.1 Å². The number of aliphatic imine (C=N–C) groups is 1. The zero-order valence-corrected chi connectivity index (χ0v) is 14.8. The maximum atomic E-state index is 13.0. The fraction of sp³-hybridized carbons (Fsp3) is 0.500. The van der Waals surface area contributed by atoms with E-state index >= 15 is 0 Å². The largest absolute Gasteiger partial charge is 0.328 e. The number of guanidine groups is 1. The molecule has 0 aliphatic carbocycles. The topological polar surface area (TPSA) is 59.5 Å². The smallest absolute Gasteiger partial charge is 0.325 e. The number of urea groups is 1. The van der Waals surface area contributed by atoms with E-state index in [1.165, 1.54) is 10.5 Å². The van der Waals surface area contributed by atoms with Crippen molar-refractivity contribution in [3.8, 4) is 0 Å². The van der Waals surface area contributed by atoms with Crippen LogP contribution in [-0.4, -0.2) is 71.5 Å². The van der Waals surface area contributed by atoms with Gasteiger partial charge in [-0.15, -0.1) is 0 Å². The molecule has 0 N–H and O–H groups in total. The van der Waals surface area contributed by atoms with E-state index in [4.69, 9.17) is 4.99 Å². The molecule has 2 unspecified atom stereocenters. The molecular weight excluding hydrogens is 318 g/mol. The summed E-state index contributed by atoms with van der Waals surface area (Å²) in [5.74, 6) is 0.677. The quantitative estimate of drug-likeness (QED) is 0.836. The summed E-state index contributed by atoms with van der Waals surface area (Å²) >= 11 is 0. The van der Waals surface area contributed by atoms with E-state index in [2.05, 4.69) is 28.9 Å². The molecule has 0 saturated carbocycles. The molecule has 0 bridgehead atoms. The Morgan fingerprint density at radius 2 is 1.96 bits per heavy atom. The third-order valence-corrected chi connectivity index (χ3v) is 5.23. The normalized spacial score (nSPS) is 25.5. The Hall–Kier alpha value is -2.57. The van der Waals surface area contributed by atoms with Gasteiger partial charge in [-0.25, -0.2) is 9.79 Å². The minimum atomic E-state index is -0.435. The number of anilines is 1. The van der Waals surface area contributed by atoms with Crippen LogP contribution in [0.25, 0.3) is 0 Å². The van der Waals surface area contributed by atoms with E-state index in [1.54, 1.807) is 11.9 Å². The predicted molar refractivity (Wildman–Crippen MR) is 95.4 cm³/mol. The van der Waals surface area contributed by atoms with E-state index in [0.717, 1.165) is 31.2 Å². The molecular formula is C18H23N5O2. The highest BCUT2D eigenvalue weighted by atomic mass is 16.2. The van der Waals surface area contributed by atoms with E-state index < -0.39 is 12.2 Å². The fourth-order valence-corrected chi connectivity index (χ4v) is 3.96. The highest BCUT2D eigenvalue weighted by Crippen LogP contribution is 2.34. The molecule has 7 nitrogen and oxygen atoms in total. The zero-order chi connectivity index (χ0) is 17.7. The number of hydrogen-bond acceptors (Lipinski definition) is 5. The summed E-state index contributed by atoms with van der Waals surface area (Å²) in [6.07, 6.45) is 0.320. The van der Waals surface area contributed by atoms with Crippen molar-refractivity contribution in [1.29, 1.82) is 0 Å². The standard InChI is InChI=1S/C18H23N5O2/c1-4-9-23-16(24)14-15(20(3)18(23)25)19-17-21(10-11-22(14)17)13-8-6-5-7-12(13)2/h5-8,14-15H,4,9-11H2,1-3H3. The van der Waals surface area contributed by atoms with Crippen molar-refractivity contribution >= 4 is 23.6 Å². The summed E-state index contributed by atoms with van der Waals surface area (Å²) in [5.41, 5.74) is 2.28. The first-order valence-electron chi connectivity index (χ1n) is 8.80. The van der Waals surface area contributed by atoms with Crippen LogP contribution in [0.1, 0.15) is 18.9 Å². The van der Waals surface area contributed by atoms with E-state index in [-0.39, 0.29) is 11.9 Å². The second kappa shape index (κ2) is 5.75. The average molecular weight is 341 g/mol. The van der Waals surface area contributed by atoms with Gasteiger partial charge < -0.3 is 14.7 Å². The molecule has 3 aliphatic rings. The number of benzene rings is 1. The van der Waals surface area contributed by atoms with Crippen LogP contribution in [0.3, 0.4) is 0 Å². The van der Waals surface area contributed by atoms with Gasteiger partial charge in [0.05, 0.1) is 0 Å². The van der Waals surface area contributed by atoms with Gasteiger partial charge in [0, 0.05) is 32.4 Å². The van der Waals surface area contributed by atoms with Crippen LogP contribution < -0.4 is 4.90 Å². The molecule has 1 aromatic carbocycles. The van der Waals surface area contributed by atoms with Crippen LogP contribution in [0.2, 0.25) is 0 Å². The first-order chi connectivity index (χ1) is 12.0. The fourth-order valence-electron chi connectivity index (χ4n) is 3.96. The Morgan fingerprint density at radius 3 is 2.68 bits per heavy atom. The molecule has 0 radical (unpaired) electrons. The lowest BCUT2D eigenvalue weighted by atomic mass is 10.1. The minimum Gasteiger partial charge on any atom is -0.325 e. The maximum Gasteiger partial charge on any atom is 0.328 e. The van der Waals surface area contributed by atoms with E-state index in [9.17, 15) is 9.59 Å². The lowest BCUT2D eigenvalue weighted by Crippen LogP contribution is -2.64. The number of amides is 3. The summed E-state index contributed by atoms with van der Waals surface area (Å²) in [7, 11) is 1.74. The van der Waals surface area contributed by atoms with Crippen LogP contribution in [0, 0.1) is 6.92 Å². The number of rotatable bonds is 3. The van der Waals surface area contributed by atoms with Gasteiger partial charge >= 0.3 is 6.03 Å². The van der Waals surface area contributed by atoms with Crippen LogP contribution >= 0.6 is 0 Å². The Morgan fingerprint density at radius 1 is 1.20 bits per heavy atom. The van der Waals surface area contributed by atoms with Crippen molar-refractivity contribution in [1.82, 2.24) is 14.7 Å². The summed E-state index contributed by atoms with van der Waals surface area (Å²) in [6.45, 7) is 6.03. The van der Waals surface area contributed by atoms with Gasteiger partial charge in [-0.1, -0.05) is 25.1 Å². The summed E-state index contributed by atoms with van der Waals surface area (Å²) in [5, 5.41) is 0. The lowest BCUT2D eigenvalue weighted by molar-refractivity contribution is -0.137. The van der Waals surface area contributed by atoms with Crippen molar-refractivity contribution in [3.05, 3.63) is 29.8 Å². The van der Waals surface area contributed by atoms with Crippen LogP contribution in [0.4, 0.5) is 10.5 Å². The average Bonchev–Trinajstić information content (AvgIpc) is 3.16. The molecule has 2 saturated heterocycles. The van der Waals surface area contributed by atoms with Crippen molar-refractivity contribution in [2.24, 2.45) is 4.99 Å². The summed E-state index contributed by atoms with van der Waals surface area (Å²) < 4.78 is 0. The van der Waals surface area contributed by atoms with Crippen LogP contribution in [-0.2, 0) is 4.79 Å². The molecule has 2 fully saturated rings. The Kier molecular flexibility index (Phi) is 3.67. The second-order valence-electron chi connectivity index (χ2n) is 6.80. The van der Waals surface area contributed by atoms with Gasteiger partial charge in [-0.05, 0) is 25.0 Å². The summed E-state index contributed by atoms with van der Waals surface area (Å²) in [4.78, 5) is 37.4. The molecule has 4 rings (SSSR count). The number of likely N-dealkylation sites (N-methyl/N-ethyl adjacent to an activating group) is 1. The Balaban J connectivity index is 1.69. The van der Waals surface area contributed by atoms with Gasteiger partial charge in [0.25, 0.3) is 5.91 Å².